The van der Waals surface area contributed by atoms with Crippen molar-refractivity contribution in [1.82, 2.24) is 15.5 Å². The molecule has 0 aromatic carbocycles. The minimum atomic E-state index is 0.523. The summed E-state index contributed by atoms with van der Waals surface area (Å²) in [7, 11) is 3.87. The zero-order valence-electron chi connectivity index (χ0n) is 10.5. The first-order chi connectivity index (χ1) is 7.65. The van der Waals surface area contributed by atoms with E-state index in [9.17, 15) is 0 Å². The molecular formula is C11H23N3OS. The van der Waals surface area contributed by atoms with E-state index in [-0.39, 0.29) is 0 Å². The van der Waals surface area contributed by atoms with E-state index in [4.69, 9.17) is 17.0 Å². The molecule has 0 spiro atoms. The molecule has 5 heteroatoms. The highest BCUT2D eigenvalue weighted by Crippen LogP contribution is 2.26. The summed E-state index contributed by atoms with van der Waals surface area (Å²) in [6.07, 6.45) is 2.69. The number of hydrogen-bond acceptors (Lipinski definition) is 3. The van der Waals surface area contributed by atoms with Crippen LogP contribution in [0.1, 0.15) is 19.8 Å². The molecule has 4 nitrogen and oxygen atoms in total. The molecule has 0 aromatic heterocycles. The van der Waals surface area contributed by atoms with Crippen LogP contribution in [0.25, 0.3) is 0 Å². The van der Waals surface area contributed by atoms with Crippen molar-refractivity contribution in [2.24, 2.45) is 0 Å². The molecule has 1 fully saturated rings. The van der Waals surface area contributed by atoms with Crippen LogP contribution >= 0.6 is 12.2 Å². The predicted octanol–water partition coefficient (Wildman–Crippen LogP) is 0.580. The Morgan fingerprint density at radius 3 is 2.75 bits per heavy atom. The summed E-state index contributed by atoms with van der Waals surface area (Å²) in [5.41, 5.74) is 0. The van der Waals surface area contributed by atoms with E-state index >= 15 is 0 Å². The highest BCUT2D eigenvalue weighted by Gasteiger charge is 2.28. The standard InChI is InChI=1S/C11H23N3OS/c1-9(14(2)10-4-5-10)8-13-11(16)12-6-7-15-3/h9-10H,4-8H2,1-3H3,(H2,12,13,16). The fraction of sp³-hybridized carbons (Fsp3) is 0.909. The predicted molar refractivity (Wildman–Crippen MR) is 70.7 cm³/mol. The average molecular weight is 245 g/mol. The Balaban J connectivity index is 2.05. The number of ether oxygens (including phenoxy) is 1. The maximum Gasteiger partial charge on any atom is 0.166 e. The molecule has 1 saturated carbocycles. The van der Waals surface area contributed by atoms with Gasteiger partial charge in [0.25, 0.3) is 0 Å². The van der Waals surface area contributed by atoms with Crippen molar-refractivity contribution in [3.05, 3.63) is 0 Å². The van der Waals surface area contributed by atoms with E-state index < -0.39 is 0 Å². The third kappa shape index (κ3) is 5.09. The third-order valence-electron chi connectivity index (χ3n) is 2.97. The van der Waals surface area contributed by atoms with Gasteiger partial charge in [0.2, 0.25) is 0 Å². The first kappa shape index (κ1) is 13.7. The van der Waals surface area contributed by atoms with Crippen LogP contribution < -0.4 is 10.6 Å². The summed E-state index contributed by atoms with van der Waals surface area (Å²) >= 11 is 5.16. The fourth-order valence-corrected chi connectivity index (χ4v) is 1.74. The van der Waals surface area contributed by atoms with Gasteiger partial charge in [-0.2, -0.15) is 0 Å². The fourth-order valence-electron chi connectivity index (χ4n) is 1.56. The summed E-state index contributed by atoms with van der Waals surface area (Å²) in [6, 6.07) is 1.32. The molecule has 0 bridgehead atoms. The van der Waals surface area contributed by atoms with E-state index in [1.807, 2.05) is 0 Å². The molecule has 0 radical (unpaired) electrons. The topological polar surface area (TPSA) is 36.5 Å². The van der Waals surface area contributed by atoms with Crippen molar-refractivity contribution in [2.45, 2.75) is 31.8 Å². The van der Waals surface area contributed by atoms with Crippen LogP contribution in [0.4, 0.5) is 0 Å². The van der Waals surface area contributed by atoms with Crippen molar-refractivity contribution < 1.29 is 4.74 Å². The van der Waals surface area contributed by atoms with Gasteiger partial charge in [-0.25, -0.2) is 0 Å². The summed E-state index contributed by atoms with van der Waals surface area (Å²) < 4.78 is 4.94. The molecule has 1 aliphatic carbocycles. The largest absolute Gasteiger partial charge is 0.383 e. The minimum Gasteiger partial charge on any atom is -0.383 e. The number of likely N-dealkylation sites (N-methyl/N-ethyl adjacent to an activating group) is 1. The van der Waals surface area contributed by atoms with E-state index in [2.05, 4.69) is 29.5 Å². The van der Waals surface area contributed by atoms with Gasteiger partial charge >= 0.3 is 0 Å². The van der Waals surface area contributed by atoms with E-state index in [0.717, 1.165) is 19.1 Å². The molecule has 1 unspecified atom stereocenters. The van der Waals surface area contributed by atoms with Crippen LogP contribution in [0, 0.1) is 0 Å². The van der Waals surface area contributed by atoms with E-state index in [1.54, 1.807) is 7.11 Å². The van der Waals surface area contributed by atoms with Crippen LogP contribution in [0.2, 0.25) is 0 Å². The molecule has 0 aromatic rings. The first-order valence-corrected chi connectivity index (χ1v) is 6.28. The molecule has 2 N–H and O–H groups in total. The lowest BCUT2D eigenvalue weighted by Crippen LogP contribution is -2.45. The quantitative estimate of drug-likeness (QED) is 0.507. The lowest BCUT2D eigenvalue weighted by molar-refractivity contribution is 0.203. The van der Waals surface area contributed by atoms with Gasteiger partial charge in [-0.1, -0.05) is 0 Å². The molecule has 16 heavy (non-hydrogen) atoms. The Morgan fingerprint density at radius 1 is 1.50 bits per heavy atom. The zero-order chi connectivity index (χ0) is 12.0. The Bertz CT molecular complexity index is 221. The minimum absolute atomic E-state index is 0.523. The number of thiocarbonyl (C=S) groups is 1. The maximum atomic E-state index is 5.16. The van der Waals surface area contributed by atoms with Gasteiger partial charge in [0, 0.05) is 32.3 Å². The van der Waals surface area contributed by atoms with Gasteiger partial charge in [0.1, 0.15) is 0 Å². The molecular weight excluding hydrogens is 222 g/mol. The van der Waals surface area contributed by atoms with Gasteiger partial charge < -0.3 is 15.4 Å². The van der Waals surface area contributed by atoms with Crippen molar-refractivity contribution in [1.29, 1.82) is 0 Å². The average Bonchev–Trinajstić information content (AvgIpc) is 3.09. The zero-order valence-corrected chi connectivity index (χ0v) is 11.3. The Kier molecular flexibility index (Phi) is 6.01. The number of hydrogen-bond donors (Lipinski definition) is 2. The number of rotatable bonds is 7. The highest BCUT2D eigenvalue weighted by atomic mass is 32.1. The summed E-state index contributed by atoms with van der Waals surface area (Å²) in [5.74, 6) is 0. The van der Waals surface area contributed by atoms with E-state index in [0.29, 0.717) is 17.8 Å². The summed E-state index contributed by atoms with van der Waals surface area (Å²) in [4.78, 5) is 2.42. The summed E-state index contributed by atoms with van der Waals surface area (Å²) in [5, 5.41) is 7.04. The Morgan fingerprint density at radius 2 is 2.19 bits per heavy atom. The van der Waals surface area contributed by atoms with E-state index in [1.165, 1.54) is 12.8 Å². The lowest BCUT2D eigenvalue weighted by atomic mass is 10.3. The number of nitrogens with one attached hydrogen (secondary N) is 2. The van der Waals surface area contributed by atoms with Gasteiger partial charge in [-0.3, -0.25) is 4.90 Å². The van der Waals surface area contributed by atoms with Crippen LogP contribution in [-0.4, -0.2) is 55.9 Å². The molecule has 0 aliphatic heterocycles. The normalized spacial score (nSPS) is 17.2. The van der Waals surface area contributed by atoms with Crippen molar-refractivity contribution >= 4 is 17.3 Å². The number of methoxy groups -OCH3 is 1. The second-order valence-electron chi connectivity index (χ2n) is 4.38. The second kappa shape index (κ2) is 7.04. The molecule has 0 amide bonds. The number of nitrogens with zero attached hydrogens (tertiary/aromatic N) is 1. The van der Waals surface area contributed by atoms with Crippen molar-refractivity contribution in [3.63, 3.8) is 0 Å². The van der Waals surface area contributed by atoms with Crippen LogP contribution in [-0.2, 0) is 4.74 Å². The van der Waals surface area contributed by atoms with Crippen LogP contribution in [0.15, 0.2) is 0 Å². The molecule has 0 saturated heterocycles. The summed E-state index contributed by atoms with van der Waals surface area (Å²) in [6.45, 7) is 4.56. The van der Waals surface area contributed by atoms with Crippen LogP contribution in [0.5, 0.6) is 0 Å². The smallest absolute Gasteiger partial charge is 0.166 e. The second-order valence-corrected chi connectivity index (χ2v) is 4.78. The Hall–Kier alpha value is -0.390. The molecule has 94 valence electrons. The molecule has 1 rings (SSSR count). The van der Waals surface area contributed by atoms with Gasteiger partial charge in [0.05, 0.1) is 6.61 Å². The van der Waals surface area contributed by atoms with Gasteiger partial charge in [0.15, 0.2) is 5.11 Å². The first-order valence-electron chi connectivity index (χ1n) is 5.87. The third-order valence-corrected chi connectivity index (χ3v) is 3.26. The van der Waals surface area contributed by atoms with Crippen molar-refractivity contribution in [3.8, 4) is 0 Å². The molecule has 1 aliphatic rings. The van der Waals surface area contributed by atoms with Crippen molar-refractivity contribution in [2.75, 3.05) is 33.9 Å². The lowest BCUT2D eigenvalue weighted by Gasteiger charge is -2.25. The van der Waals surface area contributed by atoms with Gasteiger partial charge in [-0.05, 0) is 39.0 Å². The van der Waals surface area contributed by atoms with Crippen LogP contribution in [0.3, 0.4) is 0 Å². The highest BCUT2D eigenvalue weighted by molar-refractivity contribution is 7.80. The SMILES string of the molecule is COCCNC(=S)NCC(C)N(C)C1CC1. The Labute approximate surface area is 104 Å². The van der Waals surface area contributed by atoms with Gasteiger partial charge in [-0.15, -0.1) is 0 Å². The molecule has 0 heterocycles. The monoisotopic (exact) mass is 245 g/mol. The molecule has 1 atom stereocenters. The maximum absolute atomic E-state index is 5.16.